The van der Waals surface area contributed by atoms with Crippen LogP contribution in [0.3, 0.4) is 0 Å². The summed E-state index contributed by atoms with van der Waals surface area (Å²) in [5, 5.41) is 19.0. The zero-order valence-electron chi connectivity index (χ0n) is 19.0. The van der Waals surface area contributed by atoms with Gasteiger partial charge in [0.15, 0.2) is 11.5 Å². The first kappa shape index (κ1) is 25.6. The van der Waals surface area contributed by atoms with Crippen molar-refractivity contribution in [1.29, 1.82) is 0 Å². The predicted molar refractivity (Wildman–Crippen MR) is 140 cm³/mol. The second-order valence-electron chi connectivity index (χ2n) is 7.35. The van der Waals surface area contributed by atoms with Gasteiger partial charge in [-0.15, -0.1) is 10.2 Å². The number of thioether (sulfide) groups is 1. The normalized spacial score (nSPS) is 11.4. The van der Waals surface area contributed by atoms with E-state index in [1.807, 2.05) is 19.1 Å². The minimum Gasteiger partial charge on any atom is -0.490 e. The summed E-state index contributed by atoms with van der Waals surface area (Å²) in [5.41, 5.74) is 2.24. The van der Waals surface area contributed by atoms with E-state index in [1.54, 1.807) is 54.6 Å². The molecule has 3 aromatic carbocycles. The van der Waals surface area contributed by atoms with E-state index in [0.29, 0.717) is 45.9 Å². The van der Waals surface area contributed by atoms with Crippen molar-refractivity contribution < 1.29 is 23.8 Å². The third-order valence-electron chi connectivity index (χ3n) is 4.78. The lowest BCUT2D eigenvalue weighted by Gasteiger charge is -2.13. The number of benzene rings is 3. The molecule has 1 heterocycles. The summed E-state index contributed by atoms with van der Waals surface area (Å²) >= 11 is 12.7. The molecule has 0 saturated heterocycles. The summed E-state index contributed by atoms with van der Waals surface area (Å²) in [6.07, 6.45) is 1.50. The van der Waals surface area contributed by atoms with E-state index in [9.17, 15) is 9.90 Å². The zero-order valence-corrected chi connectivity index (χ0v) is 21.3. The number of aromatic nitrogens is 2. The molecule has 10 heteroatoms. The first-order chi connectivity index (χ1) is 17.4. The van der Waals surface area contributed by atoms with Crippen LogP contribution in [-0.4, -0.2) is 27.9 Å². The van der Waals surface area contributed by atoms with Gasteiger partial charge in [-0.3, -0.25) is 0 Å². The Morgan fingerprint density at radius 2 is 1.67 bits per heavy atom. The maximum atomic E-state index is 11.9. The maximum Gasteiger partial charge on any atom is 0.342 e. The summed E-state index contributed by atoms with van der Waals surface area (Å²) in [4.78, 5) is 11.9. The molecule has 1 aromatic heterocycles. The molecule has 0 radical (unpaired) electrons. The molecule has 7 nitrogen and oxygen atoms in total. The molecule has 1 N–H and O–H groups in total. The lowest BCUT2D eigenvalue weighted by atomic mass is 10.2. The second-order valence-corrected chi connectivity index (χ2v) is 9.22. The predicted octanol–water partition coefficient (Wildman–Crippen LogP) is 7.24. The Morgan fingerprint density at radius 3 is 2.33 bits per heavy atom. The zero-order chi connectivity index (χ0) is 25.5. The molecule has 0 unspecified atom stereocenters. The smallest absolute Gasteiger partial charge is 0.342 e. The molecule has 0 atom stereocenters. The molecular weight excluding hydrogens is 523 g/mol. The summed E-state index contributed by atoms with van der Waals surface area (Å²) in [7, 11) is 0. The standard InChI is InChI=1S/C26H20Cl2N2O5S/c1-2-33-22-13-17(5-12-21(22)34-15-16-3-8-19(27)9-4-16)14-23(25(31)32)36-26-30-29-24(35-26)18-6-10-20(28)11-7-18/h3-14H,2,15H2,1H3,(H,31,32)/b23-14-. The van der Waals surface area contributed by atoms with Gasteiger partial charge in [-0.2, -0.15) is 0 Å². The van der Waals surface area contributed by atoms with E-state index in [0.717, 1.165) is 17.3 Å². The van der Waals surface area contributed by atoms with Gasteiger partial charge in [0, 0.05) is 15.6 Å². The SMILES string of the molecule is CCOc1cc(/C=C(\Sc2nnc(-c3ccc(Cl)cc3)o2)C(=O)O)ccc1OCc1ccc(Cl)cc1. The molecule has 0 bridgehead atoms. The summed E-state index contributed by atoms with van der Waals surface area (Å²) < 4.78 is 17.3. The Kier molecular flexibility index (Phi) is 8.53. The minimum atomic E-state index is -1.13. The molecule has 0 fully saturated rings. The number of halogens is 2. The lowest BCUT2D eigenvalue weighted by Crippen LogP contribution is -2.00. The van der Waals surface area contributed by atoms with Crippen LogP contribution in [0.15, 0.2) is 81.3 Å². The molecule has 0 aliphatic heterocycles. The fourth-order valence-corrected chi connectivity index (χ4v) is 4.01. The topological polar surface area (TPSA) is 94.7 Å². The van der Waals surface area contributed by atoms with Crippen LogP contribution < -0.4 is 9.47 Å². The maximum absolute atomic E-state index is 11.9. The summed E-state index contributed by atoms with van der Waals surface area (Å²) in [6.45, 7) is 2.61. The molecule has 4 aromatic rings. The summed E-state index contributed by atoms with van der Waals surface area (Å²) in [6, 6.07) is 19.4. The van der Waals surface area contributed by atoms with Gasteiger partial charge in [-0.05, 0) is 84.4 Å². The van der Waals surface area contributed by atoms with E-state index in [4.69, 9.17) is 37.1 Å². The highest BCUT2D eigenvalue weighted by atomic mass is 35.5. The van der Waals surface area contributed by atoms with Gasteiger partial charge in [0.05, 0.1) is 6.61 Å². The van der Waals surface area contributed by atoms with Crippen LogP contribution in [0.2, 0.25) is 10.0 Å². The average molecular weight is 543 g/mol. The Balaban J connectivity index is 1.52. The van der Waals surface area contributed by atoms with Gasteiger partial charge in [-0.1, -0.05) is 41.4 Å². The van der Waals surface area contributed by atoms with Crippen molar-refractivity contribution in [3.8, 4) is 23.0 Å². The largest absolute Gasteiger partial charge is 0.490 e. The molecule has 0 saturated carbocycles. The fourth-order valence-electron chi connectivity index (χ4n) is 3.08. The van der Waals surface area contributed by atoms with E-state index in [2.05, 4.69) is 10.2 Å². The van der Waals surface area contributed by atoms with Crippen LogP contribution in [0.5, 0.6) is 11.5 Å². The molecular formula is C26H20Cl2N2O5S. The molecule has 0 amide bonds. The van der Waals surface area contributed by atoms with Crippen molar-refractivity contribution >= 4 is 47.0 Å². The molecule has 0 spiro atoms. The molecule has 36 heavy (non-hydrogen) atoms. The number of carboxylic acid groups (broad SMARTS) is 1. The van der Waals surface area contributed by atoms with E-state index in [1.165, 1.54) is 6.08 Å². The molecule has 0 aliphatic carbocycles. The van der Waals surface area contributed by atoms with Gasteiger partial charge < -0.3 is 19.0 Å². The van der Waals surface area contributed by atoms with Crippen molar-refractivity contribution in [2.75, 3.05) is 6.61 Å². The summed E-state index contributed by atoms with van der Waals surface area (Å²) in [5.74, 6) is 0.169. The van der Waals surface area contributed by atoms with E-state index in [-0.39, 0.29) is 16.0 Å². The number of hydrogen-bond donors (Lipinski definition) is 1. The highest BCUT2D eigenvalue weighted by molar-refractivity contribution is 8.03. The lowest BCUT2D eigenvalue weighted by molar-refractivity contribution is -0.131. The van der Waals surface area contributed by atoms with Crippen molar-refractivity contribution in [3.63, 3.8) is 0 Å². The number of rotatable bonds is 10. The van der Waals surface area contributed by atoms with Crippen LogP contribution in [0, 0.1) is 0 Å². The van der Waals surface area contributed by atoms with Crippen molar-refractivity contribution in [3.05, 3.63) is 92.8 Å². The Bertz CT molecular complexity index is 1370. The number of ether oxygens (including phenoxy) is 2. The van der Waals surface area contributed by atoms with Crippen molar-refractivity contribution in [1.82, 2.24) is 10.2 Å². The third kappa shape index (κ3) is 6.81. The average Bonchev–Trinajstić information content (AvgIpc) is 3.33. The molecule has 0 aliphatic rings. The number of carboxylic acids is 1. The number of nitrogens with zero attached hydrogens (tertiary/aromatic N) is 2. The van der Waals surface area contributed by atoms with Crippen LogP contribution >= 0.6 is 35.0 Å². The van der Waals surface area contributed by atoms with E-state index >= 15 is 0 Å². The van der Waals surface area contributed by atoms with Gasteiger partial charge in [0.2, 0.25) is 5.89 Å². The highest BCUT2D eigenvalue weighted by Gasteiger charge is 2.17. The van der Waals surface area contributed by atoms with Crippen LogP contribution in [-0.2, 0) is 11.4 Å². The highest BCUT2D eigenvalue weighted by Crippen LogP contribution is 2.33. The second kappa shape index (κ2) is 12.0. The van der Waals surface area contributed by atoms with Gasteiger partial charge in [-0.25, -0.2) is 4.79 Å². The van der Waals surface area contributed by atoms with E-state index < -0.39 is 5.97 Å². The number of carbonyl (C=O) groups is 1. The molecule has 184 valence electrons. The Morgan fingerprint density at radius 1 is 0.972 bits per heavy atom. The Labute approximate surface area is 221 Å². The van der Waals surface area contributed by atoms with Crippen molar-refractivity contribution in [2.45, 2.75) is 18.8 Å². The van der Waals surface area contributed by atoms with Crippen LogP contribution in [0.25, 0.3) is 17.5 Å². The van der Waals surface area contributed by atoms with Gasteiger partial charge in [0.25, 0.3) is 5.22 Å². The molecule has 4 rings (SSSR count). The van der Waals surface area contributed by atoms with Crippen molar-refractivity contribution in [2.24, 2.45) is 0 Å². The first-order valence-electron chi connectivity index (χ1n) is 10.8. The van der Waals surface area contributed by atoms with Gasteiger partial charge in [0.1, 0.15) is 11.5 Å². The number of hydrogen-bond acceptors (Lipinski definition) is 7. The monoisotopic (exact) mass is 542 g/mol. The van der Waals surface area contributed by atoms with Crippen LogP contribution in [0.4, 0.5) is 0 Å². The minimum absolute atomic E-state index is 0.00131. The third-order valence-corrected chi connectivity index (χ3v) is 6.13. The first-order valence-corrected chi connectivity index (χ1v) is 12.3. The quantitative estimate of drug-likeness (QED) is 0.165. The van der Waals surface area contributed by atoms with Gasteiger partial charge >= 0.3 is 5.97 Å². The van der Waals surface area contributed by atoms with Crippen LogP contribution in [0.1, 0.15) is 18.1 Å². The fraction of sp³-hybridized carbons (Fsp3) is 0.115. The number of aliphatic carboxylic acids is 1. The Hall–Kier alpha value is -3.46.